The molecule has 0 bridgehead atoms. The van der Waals surface area contributed by atoms with Crippen LogP contribution in [0.3, 0.4) is 0 Å². The Balaban J connectivity index is 0.000000679. The van der Waals surface area contributed by atoms with Crippen molar-refractivity contribution in [2.24, 2.45) is 0 Å². The van der Waals surface area contributed by atoms with Gasteiger partial charge in [-0.2, -0.15) is 0 Å². The number of hydrogen-bond donors (Lipinski definition) is 0. The van der Waals surface area contributed by atoms with Crippen molar-refractivity contribution in [1.82, 2.24) is 0 Å². The third-order valence-electron chi connectivity index (χ3n) is 8.27. The zero-order valence-electron chi connectivity index (χ0n) is 23.0. The van der Waals surface area contributed by atoms with Crippen molar-refractivity contribution in [1.29, 1.82) is 0 Å². The molecule has 8 radical (unpaired) electrons. The SMILES string of the molecule is O=[PH2][Fe]([CH]1CCCc2ccccc21)([CH]1CCCc2ccccc21)[CH]1CCCc2ccccc21.[C]=O.[C]=O.[C]=O.[C]=O. The minimum Gasteiger partial charge on any atom is -0.281 e. The fourth-order valence-electron chi connectivity index (χ4n) is 6.84. The number of benzene rings is 3. The summed E-state index contributed by atoms with van der Waals surface area (Å²) in [5.74, 6) is 0. The molecule has 214 valence electrons. The average Bonchev–Trinajstić information content (AvgIpc) is 3.09. The van der Waals surface area contributed by atoms with Gasteiger partial charge in [0.05, 0.1) is 0 Å². The molecule has 0 fully saturated rings. The fourth-order valence-corrected chi connectivity index (χ4v) is 18.5. The Kier molecular flexibility index (Phi) is 14.9. The third-order valence-corrected chi connectivity index (χ3v) is 19.4. The first kappa shape index (κ1) is 34.3. The molecule has 4 atom stereocenters. The van der Waals surface area contributed by atoms with E-state index in [0.717, 1.165) is 0 Å². The van der Waals surface area contributed by atoms with Gasteiger partial charge in [-0.25, -0.2) is 0 Å². The number of rotatable bonds is 4. The van der Waals surface area contributed by atoms with E-state index in [1.807, 2.05) is 0 Å². The molecule has 0 saturated carbocycles. The van der Waals surface area contributed by atoms with Crippen molar-refractivity contribution in [3.63, 3.8) is 0 Å². The summed E-state index contributed by atoms with van der Waals surface area (Å²) >= 11 is -2.08. The van der Waals surface area contributed by atoms with E-state index < -0.39 is 19.6 Å². The van der Waals surface area contributed by atoms with E-state index in [4.69, 9.17) is 19.2 Å². The van der Waals surface area contributed by atoms with Crippen molar-refractivity contribution in [3.8, 4) is 0 Å². The summed E-state index contributed by atoms with van der Waals surface area (Å²) in [5, 5.41) is 0. The van der Waals surface area contributed by atoms with Crippen molar-refractivity contribution < 1.29 is 36.1 Å². The second-order valence-electron chi connectivity index (χ2n) is 9.92. The van der Waals surface area contributed by atoms with Crippen LogP contribution < -0.4 is 0 Å². The van der Waals surface area contributed by atoms with Gasteiger partial charge in [0.1, 0.15) is 0 Å². The van der Waals surface area contributed by atoms with E-state index in [-0.39, 0.29) is 0 Å². The molecule has 0 N–H and O–H groups in total. The van der Waals surface area contributed by atoms with Crippen LogP contribution in [-0.4, -0.2) is 27.2 Å². The van der Waals surface area contributed by atoms with Crippen LogP contribution >= 0.6 is 7.15 Å². The summed E-state index contributed by atoms with van der Waals surface area (Å²) in [7, 11) is -0.817. The Hall–Kier alpha value is -2.91. The summed E-state index contributed by atoms with van der Waals surface area (Å²) in [6, 6.07) is 27.6. The molecule has 3 aromatic rings. The van der Waals surface area contributed by atoms with Crippen molar-refractivity contribution in [2.75, 3.05) is 0 Å². The van der Waals surface area contributed by atoms with E-state index in [1.165, 1.54) is 74.5 Å². The Morgan fingerprint density at radius 2 is 0.756 bits per heavy atom. The van der Waals surface area contributed by atoms with Gasteiger partial charge < -0.3 is 0 Å². The second kappa shape index (κ2) is 17.8. The van der Waals surface area contributed by atoms with Crippen LogP contribution in [0.25, 0.3) is 0 Å². The molecule has 6 rings (SSSR count). The topological polar surface area (TPSA) is 85.3 Å². The molecule has 5 nitrogen and oxygen atoms in total. The number of hydrogen-bond acceptors (Lipinski definition) is 5. The van der Waals surface area contributed by atoms with Gasteiger partial charge in [-0.15, -0.1) is 0 Å². The largest absolute Gasteiger partial charge is 0.281 e. The molecule has 7 heteroatoms. The summed E-state index contributed by atoms with van der Waals surface area (Å²) in [6.07, 6.45) is 11.0. The zero-order valence-corrected chi connectivity index (χ0v) is 25.3. The van der Waals surface area contributed by atoms with Crippen LogP contribution in [0.2, 0.25) is 0 Å². The van der Waals surface area contributed by atoms with Gasteiger partial charge in [0, 0.05) is 0 Å². The predicted octanol–water partition coefficient (Wildman–Crippen LogP) is 6.46. The fraction of sp³-hybridized carbons (Fsp3) is 0.353. The molecular formula is C34H35FeO5P. The Morgan fingerprint density at radius 1 is 0.488 bits per heavy atom. The maximum absolute atomic E-state index is 14.0. The molecule has 0 aliphatic heterocycles. The first-order valence-corrected chi connectivity index (χ1v) is 18.2. The molecule has 41 heavy (non-hydrogen) atoms. The number of aryl methyl sites for hydroxylation is 3. The zero-order chi connectivity index (χ0) is 30.3. The first-order valence-electron chi connectivity index (χ1n) is 13.5. The van der Waals surface area contributed by atoms with E-state index in [2.05, 4.69) is 100.0 Å². The van der Waals surface area contributed by atoms with Gasteiger partial charge in [-0.05, 0) is 0 Å². The predicted molar refractivity (Wildman–Crippen MR) is 160 cm³/mol. The maximum Gasteiger partial charge on any atom is 0.281 e. The average molecular weight is 610 g/mol. The van der Waals surface area contributed by atoms with E-state index in [1.54, 1.807) is 16.7 Å². The van der Waals surface area contributed by atoms with E-state index in [9.17, 15) is 4.57 Å². The summed E-state index contributed by atoms with van der Waals surface area (Å²) in [6.45, 7) is 18.0. The van der Waals surface area contributed by atoms with E-state index in [0.29, 0.717) is 14.4 Å². The molecule has 3 aromatic carbocycles. The first-order chi connectivity index (χ1) is 20.3. The molecule has 3 aliphatic rings. The van der Waals surface area contributed by atoms with Crippen LogP contribution in [-0.2, 0) is 55.4 Å². The molecule has 0 aromatic heterocycles. The van der Waals surface area contributed by atoms with Gasteiger partial charge in [-0.1, -0.05) is 0 Å². The molecule has 4 unspecified atom stereocenters. The van der Waals surface area contributed by atoms with Crippen molar-refractivity contribution in [3.05, 3.63) is 106 Å². The van der Waals surface area contributed by atoms with Crippen LogP contribution in [0, 0.1) is 0 Å². The summed E-state index contributed by atoms with van der Waals surface area (Å²) < 4.78 is 14.0. The molecule has 0 amide bonds. The Morgan fingerprint density at radius 3 is 1.02 bits per heavy atom. The smallest absolute Gasteiger partial charge is 0.281 e. The van der Waals surface area contributed by atoms with Crippen LogP contribution in [0.1, 0.15) is 86.4 Å². The second-order valence-corrected chi connectivity index (χ2v) is 18.3. The van der Waals surface area contributed by atoms with Gasteiger partial charge in [0.25, 0.3) is 27.2 Å². The Labute approximate surface area is 248 Å². The molecule has 0 saturated heterocycles. The maximum atomic E-state index is 14.0. The van der Waals surface area contributed by atoms with Crippen LogP contribution in [0.4, 0.5) is 0 Å². The monoisotopic (exact) mass is 610 g/mol. The summed E-state index contributed by atoms with van der Waals surface area (Å²) in [5.41, 5.74) is 9.25. The molecule has 0 spiro atoms. The van der Waals surface area contributed by atoms with Crippen molar-refractivity contribution in [2.45, 2.75) is 72.2 Å². The quantitative estimate of drug-likeness (QED) is 0.250. The number of fused-ring (bicyclic) bond motifs is 3. The summed E-state index contributed by atoms with van der Waals surface area (Å²) in [4.78, 5) is 31.5. The third kappa shape index (κ3) is 6.95. The molecule has 0 heterocycles. The normalized spacial score (nSPS) is 22.3. The van der Waals surface area contributed by atoms with Gasteiger partial charge in [0.2, 0.25) is 0 Å². The van der Waals surface area contributed by atoms with E-state index >= 15 is 0 Å². The van der Waals surface area contributed by atoms with Crippen LogP contribution in [0.15, 0.2) is 72.8 Å². The minimum absolute atomic E-state index is 0.502. The minimum atomic E-state index is -2.08. The molecule has 3 aliphatic carbocycles. The Bertz CT molecular complexity index is 1100. The number of carbonyl (C=O) groups excluding carboxylic acids is 4. The van der Waals surface area contributed by atoms with Gasteiger partial charge >= 0.3 is 203 Å². The van der Waals surface area contributed by atoms with Gasteiger partial charge in [-0.3, -0.25) is 19.2 Å². The molecular weight excluding hydrogens is 575 g/mol. The van der Waals surface area contributed by atoms with Gasteiger partial charge in [0.15, 0.2) is 0 Å². The van der Waals surface area contributed by atoms with Crippen molar-refractivity contribution >= 4 is 34.3 Å². The standard InChI is InChI=1S/3C10H11.4CO.Fe.H2OP/c3*1-2-6-10-8-4-3-7-9(10)5-1;4*1-2;;1-2/h3*1-2,5-7H,3-4,8H2;;;;;;2H2/q;;;;;;;-1;+1. The van der Waals surface area contributed by atoms with Crippen LogP contribution in [0.5, 0.6) is 0 Å².